The summed E-state index contributed by atoms with van der Waals surface area (Å²) in [5, 5.41) is 0. The van der Waals surface area contributed by atoms with Gasteiger partial charge < -0.3 is 4.98 Å². The summed E-state index contributed by atoms with van der Waals surface area (Å²) in [5.41, 5.74) is 0.892. The molecule has 0 amide bonds. The number of pyridine rings is 1. The quantitative estimate of drug-likeness (QED) is 0.693. The summed E-state index contributed by atoms with van der Waals surface area (Å²) in [6, 6.07) is 2.92. The lowest BCUT2D eigenvalue weighted by molar-refractivity contribution is 0.625. The molecule has 1 N–H and O–H groups in total. The standard InChI is InChI=1S/C8H6FN3/c9-6-2-1-3-11-8(6)7-4-10-5-12-7/h1-5H,(H,10,12). The van der Waals surface area contributed by atoms with E-state index >= 15 is 0 Å². The molecule has 2 rings (SSSR count). The fraction of sp³-hybridized carbons (Fsp3) is 0. The molecule has 0 aromatic carbocycles. The van der Waals surface area contributed by atoms with Crippen LogP contribution >= 0.6 is 0 Å². The number of rotatable bonds is 1. The first-order chi connectivity index (χ1) is 5.88. The summed E-state index contributed by atoms with van der Waals surface area (Å²) in [4.78, 5) is 10.4. The molecule has 0 spiro atoms. The van der Waals surface area contributed by atoms with Crippen LogP contribution in [-0.2, 0) is 0 Å². The van der Waals surface area contributed by atoms with Crippen LogP contribution in [0, 0.1) is 5.82 Å². The van der Waals surface area contributed by atoms with Gasteiger partial charge in [0, 0.05) is 6.20 Å². The van der Waals surface area contributed by atoms with Gasteiger partial charge in [0.1, 0.15) is 5.69 Å². The van der Waals surface area contributed by atoms with Crippen LogP contribution in [0.4, 0.5) is 4.39 Å². The molecule has 3 nitrogen and oxygen atoms in total. The predicted molar refractivity (Wildman–Crippen MR) is 41.8 cm³/mol. The first-order valence-electron chi connectivity index (χ1n) is 3.47. The van der Waals surface area contributed by atoms with Crippen LogP contribution in [0.5, 0.6) is 0 Å². The fourth-order valence-electron chi connectivity index (χ4n) is 0.969. The Hall–Kier alpha value is -1.71. The van der Waals surface area contributed by atoms with E-state index in [4.69, 9.17) is 0 Å². The van der Waals surface area contributed by atoms with E-state index in [1.54, 1.807) is 12.3 Å². The monoisotopic (exact) mass is 163 g/mol. The van der Waals surface area contributed by atoms with E-state index in [2.05, 4.69) is 15.0 Å². The van der Waals surface area contributed by atoms with Gasteiger partial charge in [0.15, 0.2) is 5.82 Å². The van der Waals surface area contributed by atoms with Gasteiger partial charge >= 0.3 is 0 Å². The van der Waals surface area contributed by atoms with E-state index in [-0.39, 0.29) is 5.82 Å². The Balaban J connectivity index is 2.55. The Morgan fingerprint density at radius 2 is 2.33 bits per heavy atom. The van der Waals surface area contributed by atoms with Gasteiger partial charge in [-0.15, -0.1) is 0 Å². The first-order valence-corrected chi connectivity index (χ1v) is 3.47. The van der Waals surface area contributed by atoms with Crippen molar-refractivity contribution < 1.29 is 4.39 Å². The topological polar surface area (TPSA) is 41.6 Å². The second kappa shape index (κ2) is 2.73. The maximum atomic E-state index is 13.0. The molecule has 0 unspecified atom stereocenters. The van der Waals surface area contributed by atoms with Crippen LogP contribution in [-0.4, -0.2) is 15.0 Å². The van der Waals surface area contributed by atoms with Crippen LogP contribution in [0.3, 0.4) is 0 Å². The molecule has 60 valence electrons. The normalized spacial score (nSPS) is 10.1. The van der Waals surface area contributed by atoms with Crippen LogP contribution < -0.4 is 0 Å². The SMILES string of the molecule is Fc1cccnc1-c1cnc[nH]1. The maximum absolute atomic E-state index is 13.0. The number of hydrogen-bond acceptors (Lipinski definition) is 2. The molecular formula is C8H6FN3. The van der Waals surface area contributed by atoms with Gasteiger partial charge in [-0.25, -0.2) is 9.37 Å². The minimum Gasteiger partial charge on any atom is -0.343 e. The molecular weight excluding hydrogens is 157 g/mol. The average Bonchev–Trinajstić information content (AvgIpc) is 2.57. The highest BCUT2D eigenvalue weighted by atomic mass is 19.1. The fourth-order valence-corrected chi connectivity index (χ4v) is 0.969. The molecule has 0 atom stereocenters. The number of nitrogens with one attached hydrogen (secondary N) is 1. The molecule has 4 heteroatoms. The third-order valence-corrected chi connectivity index (χ3v) is 1.51. The summed E-state index contributed by atoms with van der Waals surface area (Å²) >= 11 is 0. The lowest BCUT2D eigenvalue weighted by Crippen LogP contribution is -1.87. The third-order valence-electron chi connectivity index (χ3n) is 1.51. The zero-order valence-corrected chi connectivity index (χ0v) is 6.16. The number of aromatic amines is 1. The number of imidazole rings is 1. The van der Waals surface area contributed by atoms with E-state index in [9.17, 15) is 4.39 Å². The van der Waals surface area contributed by atoms with Gasteiger partial charge in [0.05, 0.1) is 18.2 Å². The van der Waals surface area contributed by atoms with Gasteiger partial charge in [0.25, 0.3) is 0 Å². The van der Waals surface area contributed by atoms with E-state index in [0.29, 0.717) is 11.4 Å². The van der Waals surface area contributed by atoms with Crippen LogP contribution in [0.25, 0.3) is 11.4 Å². The number of nitrogens with zero attached hydrogens (tertiary/aromatic N) is 2. The summed E-state index contributed by atoms with van der Waals surface area (Å²) in [6.07, 6.45) is 4.56. The summed E-state index contributed by atoms with van der Waals surface area (Å²) in [5.74, 6) is -0.346. The second-order valence-electron chi connectivity index (χ2n) is 2.30. The van der Waals surface area contributed by atoms with Crippen LogP contribution in [0.1, 0.15) is 0 Å². The molecule has 0 saturated heterocycles. The number of hydrogen-bond donors (Lipinski definition) is 1. The van der Waals surface area contributed by atoms with Crippen molar-refractivity contribution in [3.05, 3.63) is 36.7 Å². The second-order valence-corrected chi connectivity index (χ2v) is 2.30. The number of aromatic nitrogens is 3. The molecule has 0 aliphatic heterocycles. The van der Waals surface area contributed by atoms with Gasteiger partial charge in [-0.2, -0.15) is 0 Å². The van der Waals surface area contributed by atoms with E-state index < -0.39 is 0 Å². The van der Waals surface area contributed by atoms with Gasteiger partial charge in [-0.1, -0.05) is 0 Å². The molecule has 0 saturated carbocycles. The van der Waals surface area contributed by atoms with E-state index in [0.717, 1.165) is 0 Å². The van der Waals surface area contributed by atoms with Gasteiger partial charge in [0.2, 0.25) is 0 Å². The Bertz CT molecular complexity index is 370. The largest absolute Gasteiger partial charge is 0.343 e. The molecule has 0 bridgehead atoms. The summed E-state index contributed by atoms with van der Waals surface area (Å²) in [7, 11) is 0. The maximum Gasteiger partial charge on any atom is 0.151 e. The first kappa shape index (κ1) is 6.97. The van der Waals surface area contributed by atoms with Crippen LogP contribution in [0.2, 0.25) is 0 Å². The smallest absolute Gasteiger partial charge is 0.151 e. The highest BCUT2D eigenvalue weighted by Crippen LogP contribution is 2.15. The van der Waals surface area contributed by atoms with Crippen LogP contribution in [0.15, 0.2) is 30.9 Å². The molecule has 0 fully saturated rings. The highest BCUT2D eigenvalue weighted by Gasteiger charge is 2.05. The van der Waals surface area contributed by atoms with Gasteiger partial charge in [-0.3, -0.25) is 4.98 Å². The van der Waals surface area contributed by atoms with E-state index in [1.165, 1.54) is 18.6 Å². The molecule has 12 heavy (non-hydrogen) atoms. The molecule has 0 aliphatic carbocycles. The molecule has 2 heterocycles. The minimum atomic E-state index is -0.346. The van der Waals surface area contributed by atoms with E-state index in [1.807, 2.05) is 0 Å². The Kier molecular flexibility index (Phi) is 1.59. The zero-order valence-electron chi connectivity index (χ0n) is 6.16. The predicted octanol–water partition coefficient (Wildman–Crippen LogP) is 1.61. The number of halogens is 1. The number of H-pyrrole nitrogens is 1. The third kappa shape index (κ3) is 1.07. The minimum absolute atomic E-state index is 0.301. The van der Waals surface area contributed by atoms with Crippen molar-refractivity contribution in [2.45, 2.75) is 0 Å². The van der Waals surface area contributed by atoms with Crippen molar-refractivity contribution in [1.29, 1.82) is 0 Å². The van der Waals surface area contributed by atoms with Crippen molar-refractivity contribution in [1.82, 2.24) is 15.0 Å². The summed E-state index contributed by atoms with van der Waals surface area (Å²) < 4.78 is 13.0. The van der Waals surface area contributed by atoms with Crippen molar-refractivity contribution in [3.63, 3.8) is 0 Å². The average molecular weight is 163 g/mol. The van der Waals surface area contributed by atoms with Crippen molar-refractivity contribution in [3.8, 4) is 11.4 Å². The van der Waals surface area contributed by atoms with Gasteiger partial charge in [-0.05, 0) is 12.1 Å². The lowest BCUT2D eigenvalue weighted by atomic mass is 10.3. The molecule has 0 radical (unpaired) electrons. The van der Waals surface area contributed by atoms with Crippen molar-refractivity contribution in [2.75, 3.05) is 0 Å². The molecule has 0 aliphatic rings. The molecule has 2 aromatic rings. The lowest BCUT2D eigenvalue weighted by Gasteiger charge is -1.95. The Morgan fingerprint density at radius 3 is 3.00 bits per heavy atom. The molecule has 2 aromatic heterocycles. The highest BCUT2D eigenvalue weighted by molar-refractivity contribution is 5.52. The Labute approximate surface area is 68.3 Å². The Morgan fingerprint density at radius 1 is 1.42 bits per heavy atom. The van der Waals surface area contributed by atoms with Crippen molar-refractivity contribution in [2.24, 2.45) is 0 Å². The zero-order chi connectivity index (χ0) is 8.39. The summed E-state index contributed by atoms with van der Waals surface area (Å²) in [6.45, 7) is 0. The van der Waals surface area contributed by atoms with Crippen molar-refractivity contribution >= 4 is 0 Å².